The van der Waals surface area contributed by atoms with Gasteiger partial charge in [-0.05, 0) is 42.2 Å². The van der Waals surface area contributed by atoms with Crippen LogP contribution in [0.15, 0.2) is 72.2 Å². The zero-order valence-corrected chi connectivity index (χ0v) is 21.1. The summed E-state index contributed by atoms with van der Waals surface area (Å²) in [6.45, 7) is 6.49. The van der Waals surface area contributed by atoms with Crippen molar-refractivity contribution in [3.63, 3.8) is 0 Å². The van der Waals surface area contributed by atoms with E-state index in [1.165, 1.54) is 16.7 Å². The molecule has 0 amide bonds. The first kappa shape index (κ1) is 24.1. The molecule has 3 aromatic rings. The molecule has 4 rings (SSSR count). The van der Waals surface area contributed by atoms with E-state index in [9.17, 15) is 0 Å². The van der Waals surface area contributed by atoms with Crippen LogP contribution < -0.4 is 10.1 Å². The summed E-state index contributed by atoms with van der Waals surface area (Å²) >= 11 is 0. The molecule has 1 N–H and O–H groups in total. The van der Waals surface area contributed by atoms with E-state index < -0.39 is 0 Å². The first-order chi connectivity index (χ1) is 15.2. The molecule has 1 saturated heterocycles. The standard InChI is InChI=1S/C25H31N5O.HI/c1-3-27-25(30-13-11-23(18-30)22-7-9-24(31-2)10-8-22)28-16-20-5-4-6-21(15-20)17-29-14-12-26-19-29;/h4-10,12,14-15,19,23H,3,11,13,16-18H2,1-2H3,(H,27,28);1H. The van der Waals surface area contributed by atoms with Gasteiger partial charge in [-0.2, -0.15) is 0 Å². The van der Waals surface area contributed by atoms with Crippen LogP contribution in [0.4, 0.5) is 0 Å². The molecule has 0 spiro atoms. The van der Waals surface area contributed by atoms with E-state index in [4.69, 9.17) is 9.73 Å². The summed E-state index contributed by atoms with van der Waals surface area (Å²) in [5.74, 6) is 2.43. The SMILES string of the molecule is CCNC(=NCc1cccc(Cn2ccnc2)c1)N1CCC(c2ccc(OC)cc2)C1.I. The number of nitrogens with one attached hydrogen (secondary N) is 1. The van der Waals surface area contributed by atoms with Gasteiger partial charge in [0.2, 0.25) is 0 Å². The van der Waals surface area contributed by atoms with Gasteiger partial charge in [0.25, 0.3) is 0 Å². The molecule has 0 saturated carbocycles. The van der Waals surface area contributed by atoms with Crippen molar-refractivity contribution in [2.24, 2.45) is 4.99 Å². The Kier molecular flexibility index (Phi) is 8.96. The van der Waals surface area contributed by atoms with Gasteiger partial charge in [0.15, 0.2) is 5.96 Å². The van der Waals surface area contributed by atoms with Crippen molar-refractivity contribution in [2.75, 3.05) is 26.7 Å². The van der Waals surface area contributed by atoms with Crippen molar-refractivity contribution in [2.45, 2.75) is 32.4 Å². The van der Waals surface area contributed by atoms with Crippen molar-refractivity contribution in [3.05, 3.63) is 83.9 Å². The molecule has 1 fully saturated rings. The maximum absolute atomic E-state index is 5.29. The minimum Gasteiger partial charge on any atom is -0.497 e. The van der Waals surface area contributed by atoms with Crippen molar-refractivity contribution < 1.29 is 4.74 Å². The minimum atomic E-state index is 0. The van der Waals surface area contributed by atoms with Crippen LogP contribution in [0.25, 0.3) is 0 Å². The third-order valence-electron chi connectivity index (χ3n) is 5.74. The number of ether oxygens (including phenoxy) is 1. The summed E-state index contributed by atoms with van der Waals surface area (Å²) in [5.41, 5.74) is 3.85. The van der Waals surface area contributed by atoms with Crippen LogP contribution in [0.5, 0.6) is 5.75 Å². The fraction of sp³-hybridized carbons (Fsp3) is 0.360. The Morgan fingerprint density at radius 1 is 1.19 bits per heavy atom. The Bertz CT molecular complexity index is 988. The maximum atomic E-state index is 5.29. The summed E-state index contributed by atoms with van der Waals surface area (Å²) < 4.78 is 7.37. The number of likely N-dealkylation sites (tertiary alicyclic amines) is 1. The van der Waals surface area contributed by atoms with Crippen LogP contribution in [-0.2, 0) is 13.1 Å². The highest BCUT2D eigenvalue weighted by molar-refractivity contribution is 14.0. The average molecular weight is 545 g/mol. The van der Waals surface area contributed by atoms with Gasteiger partial charge >= 0.3 is 0 Å². The van der Waals surface area contributed by atoms with E-state index in [-0.39, 0.29) is 24.0 Å². The van der Waals surface area contributed by atoms with Gasteiger partial charge < -0.3 is 19.5 Å². The lowest BCUT2D eigenvalue weighted by Gasteiger charge is -2.22. The molecular weight excluding hydrogens is 513 g/mol. The van der Waals surface area contributed by atoms with Crippen molar-refractivity contribution >= 4 is 29.9 Å². The molecule has 2 heterocycles. The molecular formula is C25H32IN5O. The first-order valence-corrected chi connectivity index (χ1v) is 11.0. The number of rotatable bonds is 7. The van der Waals surface area contributed by atoms with E-state index in [0.717, 1.165) is 44.3 Å². The highest BCUT2D eigenvalue weighted by Crippen LogP contribution is 2.28. The molecule has 0 aliphatic carbocycles. The predicted molar refractivity (Wildman–Crippen MR) is 140 cm³/mol. The molecule has 7 heteroatoms. The molecule has 1 aliphatic rings. The summed E-state index contributed by atoms with van der Waals surface area (Å²) in [4.78, 5) is 11.5. The number of hydrogen-bond donors (Lipinski definition) is 1. The van der Waals surface area contributed by atoms with Gasteiger partial charge in [-0.15, -0.1) is 24.0 Å². The number of benzene rings is 2. The predicted octanol–water partition coefficient (Wildman–Crippen LogP) is 4.51. The summed E-state index contributed by atoms with van der Waals surface area (Å²) in [7, 11) is 1.71. The molecule has 1 aliphatic heterocycles. The van der Waals surface area contributed by atoms with E-state index in [1.807, 2.05) is 30.9 Å². The Hall–Kier alpha value is -2.55. The normalized spacial score (nSPS) is 16.0. The van der Waals surface area contributed by atoms with Crippen LogP contribution in [-0.4, -0.2) is 47.2 Å². The smallest absolute Gasteiger partial charge is 0.194 e. The summed E-state index contributed by atoms with van der Waals surface area (Å²) in [6, 6.07) is 17.1. The second kappa shape index (κ2) is 11.9. The number of guanidine groups is 1. The fourth-order valence-electron chi connectivity index (χ4n) is 4.11. The molecule has 0 radical (unpaired) electrons. The van der Waals surface area contributed by atoms with Gasteiger partial charge in [-0.1, -0.05) is 36.4 Å². The van der Waals surface area contributed by atoms with Gasteiger partial charge in [-0.3, -0.25) is 0 Å². The second-order valence-corrected chi connectivity index (χ2v) is 7.93. The van der Waals surface area contributed by atoms with E-state index in [2.05, 4.69) is 63.1 Å². The third-order valence-corrected chi connectivity index (χ3v) is 5.74. The Morgan fingerprint density at radius 2 is 2.00 bits per heavy atom. The lowest BCUT2D eigenvalue weighted by Crippen LogP contribution is -2.40. The summed E-state index contributed by atoms with van der Waals surface area (Å²) in [5, 5.41) is 3.48. The number of halogens is 1. The van der Waals surface area contributed by atoms with E-state index in [1.54, 1.807) is 7.11 Å². The Labute approximate surface area is 207 Å². The van der Waals surface area contributed by atoms with Crippen LogP contribution >= 0.6 is 24.0 Å². The number of aliphatic imine (C=N–C) groups is 1. The zero-order chi connectivity index (χ0) is 21.5. The Morgan fingerprint density at radius 3 is 2.72 bits per heavy atom. The molecule has 170 valence electrons. The number of aromatic nitrogens is 2. The molecule has 1 aromatic heterocycles. The monoisotopic (exact) mass is 545 g/mol. The maximum Gasteiger partial charge on any atom is 0.194 e. The molecule has 2 aromatic carbocycles. The van der Waals surface area contributed by atoms with Crippen molar-refractivity contribution in [1.29, 1.82) is 0 Å². The second-order valence-electron chi connectivity index (χ2n) is 7.93. The van der Waals surface area contributed by atoms with Gasteiger partial charge in [0.05, 0.1) is 20.0 Å². The van der Waals surface area contributed by atoms with E-state index in [0.29, 0.717) is 12.5 Å². The topological polar surface area (TPSA) is 54.7 Å². The van der Waals surface area contributed by atoms with Crippen LogP contribution in [0.3, 0.4) is 0 Å². The van der Waals surface area contributed by atoms with Crippen molar-refractivity contribution in [1.82, 2.24) is 19.8 Å². The fourth-order valence-corrected chi connectivity index (χ4v) is 4.11. The minimum absolute atomic E-state index is 0. The molecule has 1 unspecified atom stereocenters. The number of nitrogens with zero attached hydrogens (tertiary/aromatic N) is 4. The van der Waals surface area contributed by atoms with Crippen LogP contribution in [0.1, 0.15) is 36.0 Å². The third kappa shape index (κ3) is 6.25. The lowest BCUT2D eigenvalue weighted by atomic mass is 9.98. The van der Waals surface area contributed by atoms with Crippen molar-refractivity contribution in [3.8, 4) is 5.75 Å². The number of imidazole rings is 1. The molecule has 32 heavy (non-hydrogen) atoms. The van der Waals surface area contributed by atoms with Crippen LogP contribution in [0, 0.1) is 0 Å². The zero-order valence-electron chi connectivity index (χ0n) is 18.8. The van der Waals surface area contributed by atoms with Gasteiger partial charge in [0.1, 0.15) is 5.75 Å². The molecule has 6 nitrogen and oxygen atoms in total. The summed E-state index contributed by atoms with van der Waals surface area (Å²) in [6.07, 6.45) is 6.78. The quantitative estimate of drug-likeness (QED) is 0.270. The highest BCUT2D eigenvalue weighted by Gasteiger charge is 2.26. The number of hydrogen-bond acceptors (Lipinski definition) is 3. The Balaban J connectivity index is 0.00000289. The first-order valence-electron chi connectivity index (χ1n) is 11.0. The van der Waals surface area contributed by atoms with E-state index >= 15 is 0 Å². The highest BCUT2D eigenvalue weighted by atomic mass is 127. The largest absolute Gasteiger partial charge is 0.497 e. The van der Waals surface area contributed by atoms with Gasteiger partial charge in [-0.25, -0.2) is 9.98 Å². The molecule has 1 atom stereocenters. The van der Waals surface area contributed by atoms with Gasteiger partial charge in [0, 0.05) is 44.5 Å². The molecule has 0 bridgehead atoms. The van der Waals surface area contributed by atoms with Crippen LogP contribution in [0.2, 0.25) is 0 Å². The number of methoxy groups -OCH3 is 1. The average Bonchev–Trinajstić information content (AvgIpc) is 3.49. The lowest BCUT2D eigenvalue weighted by molar-refractivity contribution is 0.414.